The summed E-state index contributed by atoms with van der Waals surface area (Å²) in [5.74, 6) is -0.439. The van der Waals surface area contributed by atoms with E-state index in [2.05, 4.69) is 4.98 Å². The van der Waals surface area contributed by atoms with Gasteiger partial charge in [-0.3, -0.25) is 0 Å². The summed E-state index contributed by atoms with van der Waals surface area (Å²) < 4.78 is 18.8. The monoisotopic (exact) mass is 252 g/mol. The number of anilines is 1. The summed E-state index contributed by atoms with van der Waals surface area (Å²) in [6, 6.07) is 2.49. The Balaban J connectivity index is 2.23. The molecule has 1 aliphatic rings. The molecule has 0 aromatic carbocycles. The molecule has 0 N–H and O–H groups in total. The predicted octanol–water partition coefficient (Wildman–Crippen LogP) is 2.14. The van der Waals surface area contributed by atoms with Gasteiger partial charge in [0.25, 0.3) is 0 Å². The molecule has 0 spiro atoms. The minimum atomic E-state index is -0.414. The van der Waals surface area contributed by atoms with Crippen LogP contribution in [-0.4, -0.2) is 30.1 Å². The van der Waals surface area contributed by atoms with Crippen molar-refractivity contribution >= 4 is 11.8 Å². The number of esters is 1. The van der Waals surface area contributed by atoms with Crippen LogP contribution in [0.5, 0.6) is 0 Å². The Labute approximate surface area is 106 Å². The van der Waals surface area contributed by atoms with Crippen LogP contribution in [0.3, 0.4) is 0 Å². The lowest BCUT2D eigenvalue weighted by Gasteiger charge is -2.34. The van der Waals surface area contributed by atoms with Gasteiger partial charge in [0.05, 0.1) is 6.61 Å². The van der Waals surface area contributed by atoms with Crippen LogP contribution in [0.25, 0.3) is 0 Å². The number of rotatable bonds is 3. The Hall–Kier alpha value is -1.65. The summed E-state index contributed by atoms with van der Waals surface area (Å²) in [6.07, 6.45) is 4.12. The van der Waals surface area contributed by atoms with E-state index in [1.807, 2.05) is 0 Å². The Morgan fingerprint density at radius 2 is 2.44 bits per heavy atom. The third kappa shape index (κ3) is 2.60. The highest BCUT2D eigenvalue weighted by Crippen LogP contribution is 2.25. The van der Waals surface area contributed by atoms with Crippen molar-refractivity contribution in [3.05, 3.63) is 24.1 Å². The Bertz CT molecular complexity index is 425. The quantitative estimate of drug-likeness (QED) is 0.773. The molecule has 1 aromatic heterocycles. The van der Waals surface area contributed by atoms with Gasteiger partial charge in [-0.05, 0) is 38.3 Å². The molecular weight excluding hydrogens is 235 g/mol. The molecule has 1 fully saturated rings. The Kier molecular flexibility index (Phi) is 4.12. The largest absolute Gasteiger partial charge is 0.464 e. The zero-order chi connectivity index (χ0) is 13.0. The van der Waals surface area contributed by atoms with E-state index in [0.29, 0.717) is 19.6 Å². The maximum atomic E-state index is 13.7. The van der Waals surface area contributed by atoms with Gasteiger partial charge in [-0.15, -0.1) is 0 Å². The minimum absolute atomic E-state index is 0.246. The molecule has 1 saturated heterocycles. The second kappa shape index (κ2) is 5.80. The standard InChI is InChI=1S/C13H17FN2O2/c1-2-18-13(17)11-7-3-4-9-16(11)12-10(14)6-5-8-15-12/h5-6,8,11H,2-4,7,9H2,1H3. The van der Waals surface area contributed by atoms with Crippen LogP contribution in [0.2, 0.25) is 0 Å². The van der Waals surface area contributed by atoms with Crippen molar-refractivity contribution in [2.75, 3.05) is 18.1 Å². The molecule has 1 unspecified atom stereocenters. The average Bonchev–Trinajstić information content (AvgIpc) is 2.40. The average molecular weight is 252 g/mol. The third-order valence-electron chi connectivity index (χ3n) is 3.07. The van der Waals surface area contributed by atoms with Gasteiger partial charge in [-0.2, -0.15) is 0 Å². The van der Waals surface area contributed by atoms with Gasteiger partial charge in [-0.1, -0.05) is 0 Å². The van der Waals surface area contributed by atoms with E-state index in [-0.39, 0.29) is 11.8 Å². The second-order valence-corrected chi connectivity index (χ2v) is 4.27. The van der Waals surface area contributed by atoms with Crippen molar-refractivity contribution in [1.29, 1.82) is 0 Å². The first-order valence-corrected chi connectivity index (χ1v) is 6.28. The Morgan fingerprint density at radius 1 is 1.61 bits per heavy atom. The fourth-order valence-electron chi connectivity index (χ4n) is 2.26. The van der Waals surface area contributed by atoms with Crippen molar-refractivity contribution in [3.63, 3.8) is 0 Å². The molecule has 98 valence electrons. The van der Waals surface area contributed by atoms with E-state index in [0.717, 1.165) is 12.8 Å². The van der Waals surface area contributed by atoms with Crippen LogP contribution in [0.1, 0.15) is 26.2 Å². The van der Waals surface area contributed by atoms with Crippen LogP contribution in [-0.2, 0) is 9.53 Å². The maximum Gasteiger partial charge on any atom is 0.328 e. The highest BCUT2D eigenvalue weighted by molar-refractivity contribution is 5.80. The highest BCUT2D eigenvalue weighted by Gasteiger charge is 2.31. The first-order chi connectivity index (χ1) is 8.74. The zero-order valence-electron chi connectivity index (χ0n) is 10.4. The highest BCUT2D eigenvalue weighted by atomic mass is 19.1. The van der Waals surface area contributed by atoms with Gasteiger partial charge in [0.1, 0.15) is 6.04 Å². The number of piperidine rings is 1. The smallest absolute Gasteiger partial charge is 0.328 e. The molecule has 2 rings (SSSR count). The summed E-state index contributed by atoms with van der Waals surface area (Å²) >= 11 is 0. The van der Waals surface area contributed by atoms with Crippen molar-refractivity contribution in [2.24, 2.45) is 0 Å². The zero-order valence-corrected chi connectivity index (χ0v) is 10.4. The fourth-order valence-corrected chi connectivity index (χ4v) is 2.26. The van der Waals surface area contributed by atoms with Gasteiger partial charge < -0.3 is 9.64 Å². The van der Waals surface area contributed by atoms with Crippen LogP contribution >= 0.6 is 0 Å². The molecule has 0 aliphatic carbocycles. The molecule has 18 heavy (non-hydrogen) atoms. The summed E-state index contributed by atoms with van der Waals surface area (Å²) in [5.41, 5.74) is 0. The molecule has 0 saturated carbocycles. The molecule has 5 heteroatoms. The third-order valence-corrected chi connectivity index (χ3v) is 3.07. The SMILES string of the molecule is CCOC(=O)C1CCCCN1c1ncccc1F. The van der Waals surface area contributed by atoms with E-state index in [1.165, 1.54) is 12.3 Å². The van der Waals surface area contributed by atoms with Gasteiger partial charge in [0.15, 0.2) is 11.6 Å². The number of ether oxygens (including phenoxy) is 1. The number of aromatic nitrogens is 1. The number of halogens is 1. The number of carbonyl (C=O) groups is 1. The Morgan fingerprint density at radius 3 is 3.17 bits per heavy atom. The maximum absolute atomic E-state index is 13.7. The number of hydrogen-bond donors (Lipinski definition) is 0. The fraction of sp³-hybridized carbons (Fsp3) is 0.538. The van der Waals surface area contributed by atoms with Gasteiger partial charge in [0, 0.05) is 12.7 Å². The van der Waals surface area contributed by atoms with Gasteiger partial charge >= 0.3 is 5.97 Å². The summed E-state index contributed by atoms with van der Waals surface area (Å²) in [6.45, 7) is 2.75. The summed E-state index contributed by atoms with van der Waals surface area (Å²) in [4.78, 5) is 17.6. The van der Waals surface area contributed by atoms with Crippen molar-refractivity contribution in [3.8, 4) is 0 Å². The van der Waals surface area contributed by atoms with Gasteiger partial charge in [-0.25, -0.2) is 14.2 Å². The van der Waals surface area contributed by atoms with Crippen molar-refractivity contribution in [2.45, 2.75) is 32.2 Å². The van der Waals surface area contributed by atoms with Crippen LogP contribution in [0.15, 0.2) is 18.3 Å². The summed E-state index contributed by atoms with van der Waals surface area (Å²) in [7, 11) is 0. The topological polar surface area (TPSA) is 42.4 Å². The van der Waals surface area contributed by atoms with Crippen LogP contribution < -0.4 is 4.90 Å². The van der Waals surface area contributed by atoms with E-state index in [4.69, 9.17) is 4.74 Å². The van der Waals surface area contributed by atoms with Crippen LogP contribution in [0.4, 0.5) is 10.2 Å². The number of hydrogen-bond acceptors (Lipinski definition) is 4. The molecular formula is C13H17FN2O2. The van der Waals surface area contributed by atoms with Crippen molar-refractivity contribution < 1.29 is 13.9 Å². The summed E-state index contributed by atoms with van der Waals surface area (Å²) in [5, 5.41) is 0. The minimum Gasteiger partial charge on any atom is -0.464 e. The molecule has 0 radical (unpaired) electrons. The molecule has 1 atom stereocenters. The van der Waals surface area contributed by atoms with E-state index in [1.54, 1.807) is 17.9 Å². The number of carbonyl (C=O) groups excluding carboxylic acids is 1. The normalized spacial score (nSPS) is 19.7. The molecule has 4 nitrogen and oxygen atoms in total. The van der Waals surface area contributed by atoms with Crippen molar-refractivity contribution in [1.82, 2.24) is 4.98 Å². The molecule has 1 aliphatic heterocycles. The predicted molar refractivity (Wildman–Crippen MR) is 65.8 cm³/mol. The lowest BCUT2D eigenvalue weighted by Crippen LogP contribution is -2.46. The van der Waals surface area contributed by atoms with E-state index >= 15 is 0 Å². The molecule has 0 bridgehead atoms. The first-order valence-electron chi connectivity index (χ1n) is 6.28. The molecule has 1 aromatic rings. The lowest BCUT2D eigenvalue weighted by atomic mass is 10.0. The number of pyridine rings is 1. The van der Waals surface area contributed by atoms with E-state index < -0.39 is 11.9 Å². The van der Waals surface area contributed by atoms with Gasteiger partial charge in [0.2, 0.25) is 0 Å². The van der Waals surface area contributed by atoms with E-state index in [9.17, 15) is 9.18 Å². The first kappa shape index (κ1) is 12.8. The lowest BCUT2D eigenvalue weighted by molar-refractivity contribution is -0.145. The second-order valence-electron chi connectivity index (χ2n) is 4.27. The molecule has 2 heterocycles. The van der Waals surface area contributed by atoms with Crippen LogP contribution in [0, 0.1) is 5.82 Å². The molecule has 0 amide bonds. The number of nitrogens with zero attached hydrogens (tertiary/aromatic N) is 2.